The molecule has 0 saturated heterocycles. The van der Waals surface area contributed by atoms with E-state index in [9.17, 15) is 4.79 Å². The molecule has 0 aliphatic heterocycles. The van der Waals surface area contributed by atoms with E-state index in [0.717, 1.165) is 12.1 Å². The van der Waals surface area contributed by atoms with Crippen LogP contribution < -0.4 is 5.32 Å². The maximum absolute atomic E-state index is 11.4. The van der Waals surface area contributed by atoms with Gasteiger partial charge in [-0.05, 0) is 47.3 Å². The highest BCUT2D eigenvalue weighted by atomic mass is 127. The van der Waals surface area contributed by atoms with Gasteiger partial charge in [-0.15, -0.1) is 0 Å². The summed E-state index contributed by atoms with van der Waals surface area (Å²) in [5.41, 5.74) is 1.10. The monoisotopic (exact) mass is 303 g/mol. The minimum Gasteiger partial charge on any atom is -0.319 e. The number of Topliss-reactive ketones (excluding diaryl/α,β-unsaturated/α-hetero) is 1. The molecule has 1 rings (SSSR count). The molecule has 1 N–H and O–H groups in total. The summed E-state index contributed by atoms with van der Waals surface area (Å²) in [6.07, 6.45) is 1.17. The molecule has 1 aromatic rings. The Labute approximate surface area is 98.2 Å². The summed E-state index contributed by atoms with van der Waals surface area (Å²) in [5.74, 6) is 0.292. The van der Waals surface area contributed by atoms with Crippen molar-refractivity contribution in [2.75, 3.05) is 13.6 Å². The SMILES string of the molecule is CNCCC(=O)Cc1ccc(I)cc1. The van der Waals surface area contributed by atoms with Crippen molar-refractivity contribution >= 4 is 28.4 Å². The van der Waals surface area contributed by atoms with Crippen LogP contribution in [0.15, 0.2) is 24.3 Å². The zero-order chi connectivity index (χ0) is 10.4. The third-order valence-corrected chi connectivity index (χ3v) is 2.69. The van der Waals surface area contributed by atoms with Crippen molar-refractivity contribution in [2.24, 2.45) is 0 Å². The summed E-state index contributed by atoms with van der Waals surface area (Å²) in [6.45, 7) is 0.767. The van der Waals surface area contributed by atoms with E-state index in [1.54, 1.807) is 0 Å². The number of carbonyl (C=O) groups is 1. The minimum absolute atomic E-state index is 0.292. The summed E-state index contributed by atoms with van der Waals surface area (Å²) in [4.78, 5) is 11.4. The van der Waals surface area contributed by atoms with Gasteiger partial charge in [0.25, 0.3) is 0 Å². The van der Waals surface area contributed by atoms with Crippen molar-refractivity contribution in [3.8, 4) is 0 Å². The maximum Gasteiger partial charge on any atom is 0.138 e. The molecule has 0 unspecified atom stereocenters. The van der Waals surface area contributed by atoms with Gasteiger partial charge in [0.05, 0.1) is 0 Å². The lowest BCUT2D eigenvalue weighted by atomic mass is 10.1. The minimum atomic E-state index is 0.292. The molecule has 0 amide bonds. The lowest BCUT2D eigenvalue weighted by Crippen LogP contribution is -2.14. The summed E-state index contributed by atoms with van der Waals surface area (Å²) in [6, 6.07) is 8.08. The standard InChI is InChI=1S/C11H14INO/c1-13-7-6-11(14)8-9-2-4-10(12)5-3-9/h2-5,13H,6-8H2,1H3. The Morgan fingerprint density at radius 3 is 2.57 bits per heavy atom. The van der Waals surface area contributed by atoms with E-state index in [2.05, 4.69) is 27.9 Å². The number of hydrogen-bond donors (Lipinski definition) is 1. The van der Waals surface area contributed by atoms with E-state index in [1.807, 2.05) is 31.3 Å². The van der Waals surface area contributed by atoms with Gasteiger partial charge >= 0.3 is 0 Å². The molecule has 0 heterocycles. The zero-order valence-electron chi connectivity index (χ0n) is 8.22. The Hall–Kier alpha value is -0.420. The van der Waals surface area contributed by atoms with E-state index in [1.165, 1.54) is 3.57 Å². The Kier molecular flexibility index (Phi) is 5.11. The average molecular weight is 303 g/mol. The first-order valence-electron chi connectivity index (χ1n) is 4.63. The lowest BCUT2D eigenvalue weighted by molar-refractivity contribution is -0.118. The van der Waals surface area contributed by atoms with Crippen LogP contribution in [-0.2, 0) is 11.2 Å². The molecule has 3 heteroatoms. The van der Waals surface area contributed by atoms with Gasteiger partial charge in [0.15, 0.2) is 0 Å². The number of carbonyl (C=O) groups excluding carboxylic acids is 1. The fourth-order valence-corrected chi connectivity index (χ4v) is 1.54. The van der Waals surface area contributed by atoms with Crippen LogP contribution in [0.1, 0.15) is 12.0 Å². The van der Waals surface area contributed by atoms with Crippen LogP contribution in [0.2, 0.25) is 0 Å². The molecule has 0 radical (unpaired) electrons. The molecular weight excluding hydrogens is 289 g/mol. The number of nitrogens with one attached hydrogen (secondary N) is 1. The van der Waals surface area contributed by atoms with Crippen LogP contribution in [0.25, 0.3) is 0 Å². The predicted octanol–water partition coefficient (Wildman–Crippen LogP) is 2.01. The first-order valence-corrected chi connectivity index (χ1v) is 5.71. The second-order valence-corrected chi connectivity index (χ2v) is 4.44. The van der Waals surface area contributed by atoms with Gasteiger partial charge in [0.2, 0.25) is 0 Å². The van der Waals surface area contributed by atoms with Crippen LogP contribution in [0.4, 0.5) is 0 Å². The zero-order valence-corrected chi connectivity index (χ0v) is 10.4. The van der Waals surface area contributed by atoms with Gasteiger partial charge < -0.3 is 5.32 Å². The Bertz CT molecular complexity index is 295. The summed E-state index contributed by atoms with van der Waals surface area (Å²) >= 11 is 2.26. The first-order chi connectivity index (χ1) is 6.72. The van der Waals surface area contributed by atoms with Crippen molar-refractivity contribution in [3.05, 3.63) is 33.4 Å². The Morgan fingerprint density at radius 1 is 1.36 bits per heavy atom. The molecule has 14 heavy (non-hydrogen) atoms. The number of hydrogen-bond acceptors (Lipinski definition) is 2. The molecular formula is C11H14INO. The number of rotatable bonds is 5. The van der Waals surface area contributed by atoms with Crippen molar-refractivity contribution in [1.29, 1.82) is 0 Å². The van der Waals surface area contributed by atoms with Crippen LogP contribution in [-0.4, -0.2) is 19.4 Å². The predicted molar refractivity (Wildman–Crippen MR) is 66.4 cm³/mol. The summed E-state index contributed by atoms with van der Waals surface area (Å²) in [7, 11) is 1.86. The second-order valence-electron chi connectivity index (χ2n) is 3.20. The number of ketones is 1. The summed E-state index contributed by atoms with van der Waals surface area (Å²) in [5, 5.41) is 2.97. The molecule has 2 nitrogen and oxygen atoms in total. The van der Waals surface area contributed by atoms with Crippen LogP contribution in [0, 0.1) is 3.57 Å². The Morgan fingerprint density at radius 2 is 2.00 bits per heavy atom. The highest BCUT2D eigenvalue weighted by Gasteiger charge is 2.02. The van der Waals surface area contributed by atoms with E-state index in [4.69, 9.17) is 0 Å². The molecule has 0 atom stereocenters. The second kappa shape index (κ2) is 6.14. The van der Waals surface area contributed by atoms with Crippen molar-refractivity contribution in [1.82, 2.24) is 5.32 Å². The third-order valence-electron chi connectivity index (χ3n) is 1.97. The van der Waals surface area contributed by atoms with Crippen LogP contribution in [0.5, 0.6) is 0 Å². The molecule has 0 spiro atoms. The number of benzene rings is 1. The van der Waals surface area contributed by atoms with E-state index >= 15 is 0 Å². The topological polar surface area (TPSA) is 29.1 Å². The van der Waals surface area contributed by atoms with Gasteiger partial charge in [0.1, 0.15) is 5.78 Å². The fourth-order valence-electron chi connectivity index (χ4n) is 1.18. The molecule has 0 aliphatic rings. The van der Waals surface area contributed by atoms with Gasteiger partial charge in [-0.25, -0.2) is 0 Å². The van der Waals surface area contributed by atoms with E-state index in [0.29, 0.717) is 18.6 Å². The molecule has 0 saturated carbocycles. The highest BCUT2D eigenvalue weighted by molar-refractivity contribution is 14.1. The normalized spacial score (nSPS) is 10.1. The van der Waals surface area contributed by atoms with Crippen LogP contribution in [0.3, 0.4) is 0 Å². The molecule has 76 valence electrons. The van der Waals surface area contributed by atoms with Gasteiger partial charge in [0, 0.05) is 23.0 Å². The van der Waals surface area contributed by atoms with Crippen LogP contribution >= 0.6 is 22.6 Å². The fraction of sp³-hybridized carbons (Fsp3) is 0.364. The molecule has 0 fully saturated rings. The molecule has 0 aliphatic carbocycles. The van der Waals surface area contributed by atoms with Crippen molar-refractivity contribution in [3.63, 3.8) is 0 Å². The molecule has 1 aromatic carbocycles. The third kappa shape index (κ3) is 4.19. The van der Waals surface area contributed by atoms with Gasteiger partial charge in [-0.3, -0.25) is 4.79 Å². The van der Waals surface area contributed by atoms with E-state index < -0.39 is 0 Å². The quantitative estimate of drug-likeness (QED) is 0.843. The van der Waals surface area contributed by atoms with Crippen molar-refractivity contribution in [2.45, 2.75) is 12.8 Å². The van der Waals surface area contributed by atoms with E-state index in [-0.39, 0.29) is 0 Å². The maximum atomic E-state index is 11.4. The summed E-state index contributed by atoms with van der Waals surface area (Å²) < 4.78 is 1.20. The van der Waals surface area contributed by atoms with Gasteiger partial charge in [-0.2, -0.15) is 0 Å². The average Bonchev–Trinajstić information content (AvgIpc) is 2.18. The molecule has 0 aromatic heterocycles. The molecule has 0 bridgehead atoms. The smallest absolute Gasteiger partial charge is 0.138 e. The van der Waals surface area contributed by atoms with Crippen molar-refractivity contribution < 1.29 is 4.79 Å². The highest BCUT2D eigenvalue weighted by Crippen LogP contribution is 2.07. The largest absolute Gasteiger partial charge is 0.319 e. The number of halogens is 1. The lowest BCUT2D eigenvalue weighted by Gasteiger charge is -2.01. The Balaban J connectivity index is 2.44. The van der Waals surface area contributed by atoms with Gasteiger partial charge in [-0.1, -0.05) is 12.1 Å². The first kappa shape index (κ1) is 11.7.